The topological polar surface area (TPSA) is 72.0 Å². The van der Waals surface area contributed by atoms with E-state index in [2.05, 4.69) is 0 Å². The molecule has 0 spiro atoms. The zero-order valence-electron chi connectivity index (χ0n) is 8.12. The largest absolute Gasteiger partial charge is 0.412 e. The van der Waals surface area contributed by atoms with Crippen molar-refractivity contribution >= 4 is 0 Å². The first-order valence-corrected chi connectivity index (χ1v) is 4.02. The van der Waals surface area contributed by atoms with E-state index in [-0.39, 0.29) is 18.7 Å². The van der Waals surface area contributed by atoms with Crippen LogP contribution < -0.4 is 0 Å². The van der Waals surface area contributed by atoms with Gasteiger partial charge in [-0.1, -0.05) is 24.3 Å². The fourth-order valence-electron chi connectivity index (χ4n) is 0.787. The summed E-state index contributed by atoms with van der Waals surface area (Å²) in [6.45, 7) is 4.07. The molecule has 76 valence electrons. The van der Waals surface area contributed by atoms with Crippen molar-refractivity contribution in [3.05, 3.63) is 35.4 Å². The van der Waals surface area contributed by atoms with Gasteiger partial charge in [-0.05, 0) is 25.0 Å². The van der Waals surface area contributed by atoms with Gasteiger partial charge in [0.1, 0.15) is 0 Å². The fourth-order valence-corrected chi connectivity index (χ4v) is 0.787. The molecule has 0 heterocycles. The molecule has 3 nitrogen and oxygen atoms in total. The molecule has 0 atom stereocenters. The highest BCUT2D eigenvalue weighted by Crippen LogP contribution is 2.05. The molecule has 1 aromatic carbocycles. The minimum atomic E-state index is 0. The van der Waals surface area contributed by atoms with E-state index in [1.54, 1.807) is 6.92 Å². The van der Waals surface area contributed by atoms with Crippen molar-refractivity contribution in [1.82, 2.24) is 0 Å². The molecule has 0 bridgehead atoms. The number of rotatable bonds is 1. The van der Waals surface area contributed by atoms with Gasteiger partial charge in [0.25, 0.3) is 0 Å². The van der Waals surface area contributed by atoms with E-state index in [0.717, 1.165) is 11.1 Å². The van der Waals surface area contributed by atoms with Crippen LogP contribution in [0.3, 0.4) is 0 Å². The molecule has 3 heteroatoms. The van der Waals surface area contributed by atoms with Crippen molar-refractivity contribution in [3.8, 4) is 0 Å². The van der Waals surface area contributed by atoms with E-state index in [0.29, 0.717) is 0 Å². The summed E-state index contributed by atoms with van der Waals surface area (Å²) in [6, 6.07) is 7.81. The summed E-state index contributed by atoms with van der Waals surface area (Å²) in [7, 11) is 0. The van der Waals surface area contributed by atoms with Crippen LogP contribution in [0.15, 0.2) is 24.3 Å². The number of aryl methyl sites for hydroxylation is 1. The van der Waals surface area contributed by atoms with E-state index in [9.17, 15) is 0 Å². The lowest BCUT2D eigenvalue weighted by Crippen LogP contribution is -1.85. The SMILES string of the molecule is CCO.Cc1ccccc1CO.O. The van der Waals surface area contributed by atoms with Gasteiger partial charge in [-0.3, -0.25) is 0 Å². The molecule has 13 heavy (non-hydrogen) atoms. The zero-order valence-corrected chi connectivity index (χ0v) is 8.12. The first-order valence-electron chi connectivity index (χ1n) is 4.02. The van der Waals surface area contributed by atoms with Crippen LogP contribution >= 0.6 is 0 Å². The highest BCUT2D eigenvalue weighted by atomic mass is 16.3. The highest BCUT2D eigenvalue weighted by molar-refractivity contribution is 5.24. The molecule has 0 fully saturated rings. The smallest absolute Gasteiger partial charge is 0.0684 e. The predicted octanol–water partition coefficient (Wildman–Crippen LogP) is 0.661. The maximum atomic E-state index is 8.72. The van der Waals surface area contributed by atoms with Gasteiger partial charge in [0.2, 0.25) is 0 Å². The Balaban J connectivity index is 0. The van der Waals surface area contributed by atoms with Gasteiger partial charge in [0.05, 0.1) is 6.61 Å². The second-order valence-corrected chi connectivity index (χ2v) is 2.40. The molecule has 4 N–H and O–H groups in total. The van der Waals surface area contributed by atoms with Crippen molar-refractivity contribution in [2.24, 2.45) is 0 Å². The van der Waals surface area contributed by atoms with E-state index < -0.39 is 0 Å². The van der Waals surface area contributed by atoms with Gasteiger partial charge in [0.15, 0.2) is 0 Å². The molecule has 0 aliphatic carbocycles. The normalized spacial score (nSPS) is 8.00. The summed E-state index contributed by atoms with van der Waals surface area (Å²) in [5, 5.41) is 16.3. The Hall–Kier alpha value is -0.900. The van der Waals surface area contributed by atoms with Crippen LogP contribution in [0.1, 0.15) is 18.1 Å². The monoisotopic (exact) mass is 186 g/mol. The van der Waals surface area contributed by atoms with Crippen LogP contribution in [0.4, 0.5) is 0 Å². The van der Waals surface area contributed by atoms with Crippen LogP contribution in [0.25, 0.3) is 0 Å². The Bertz CT molecular complexity index is 211. The lowest BCUT2D eigenvalue weighted by molar-refractivity contribution is 0.281. The minimum Gasteiger partial charge on any atom is -0.412 e. The predicted molar refractivity (Wildman–Crippen MR) is 53.5 cm³/mol. The Kier molecular flexibility index (Phi) is 10.3. The van der Waals surface area contributed by atoms with Crippen molar-refractivity contribution in [2.45, 2.75) is 20.5 Å². The molecule has 0 amide bonds. The molecule has 0 radical (unpaired) electrons. The molecular formula is C10H18O3. The van der Waals surface area contributed by atoms with Gasteiger partial charge < -0.3 is 15.7 Å². The Labute approximate surface area is 79.0 Å². The van der Waals surface area contributed by atoms with Crippen LogP contribution in [0.5, 0.6) is 0 Å². The Morgan fingerprint density at radius 3 is 1.92 bits per heavy atom. The lowest BCUT2D eigenvalue weighted by Gasteiger charge is -1.97. The zero-order chi connectivity index (χ0) is 9.40. The van der Waals surface area contributed by atoms with E-state index in [1.165, 1.54) is 0 Å². The van der Waals surface area contributed by atoms with Crippen LogP contribution in [0, 0.1) is 6.92 Å². The molecule has 0 aliphatic rings. The summed E-state index contributed by atoms with van der Waals surface area (Å²) < 4.78 is 0. The summed E-state index contributed by atoms with van der Waals surface area (Å²) in [5.41, 5.74) is 2.16. The summed E-state index contributed by atoms with van der Waals surface area (Å²) in [6.07, 6.45) is 0. The fraction of sp³-hybridized carbons (Fsp3) is 0.400. The molecule has 0 aromatic heterocycles. The van der Waals surface area contributed by atoms with Crippen molar-refractivity contribution < 1.29 is 15.7 Å². The summed E-state index contributed by atoms with van der Waals surface area (Å²) >= 11 is 0. The first kappa shape index (κ1) is 14.6. The van der Waals surface area contributed by atoms with Gasteiger partial charge >= 0.3 is 0 Å². The van der Waals surface area contributed by atoms with Gasteiger partial charge in [-0.2, -0.15) is 0 Å². The highest BCUT2D eigenvalue weighted by Gasteiger charge is 1.90. The third kappa shape index (κ3) is 6.28. The van der Waals surface area contributed by atoms with Crippen LogP contribution in [-0.4, -0.2) is 22.3 Å². The van der Waals surface area contributed by atoms with Gasteiger partial charge in [-0.15, -0.1) is 0 Å². The average Bonchev–Trinajstić information content (AvgIpc) is 2.07. The Morgan fingerprint density at radius 1 is 1.15 bits per heavy atom. The maximum Gasteiger partial charge on any atom is 0.0684 e. The van der Waals surface area contributed by atoms with Gasteiger partial charge in [-0.25, -0.2) is 0 Å². The quantitative estimate of drug-likeness (QED) is 0.676. The van der Waals surface area contributed by atoms with E-state index in [4.69, 9.17) is 10.2 Å². The first-order chi connectivity index (χ1) is 5.76. The lowest BCUT2D eigenvalue weighted by atomic mass is 10.1. The number of aliphatic hydroxyl groups is 2. The van der Waals surface area contributed by atoms with Crippen LogP contribution in [0.2, 0.25) is 0 Å². The molecule has 0 unspecified atom stereocenters. The number of hydrogen-bond acceptors (Lipinski definition) is 2. The average molecular weight is 186 g/mol. The molecule has 0 saturated heterocycles. The summed E-state index contributed by atoms with van der Waals surface area (Å²) in [4.78, 5) is 0. The molecule has 0 aliphatic heterocycles. The standard InChI is InChI=1S/C8H10O.C2H6O.H2O/c1-7-4-2-3-5-8(7)6-9;1-2-3;/h2-5,9H,6H2,1H3;3H,2H2,1H3;1H2. The van der Waals surface area contributed by atoms with Crippen LogP contribution in [-0.2, 0) is 6.61 Å². The molecule has 1 rings (SSSR count). The minimum absolute atomic E-state index is 0. The van der Waals surface area contributed by atoms with Crippen molar-refractivity contribution in [1.29, 1.82) is 0 Å². The number of aliphatic hydroxyl groups excluding tert-OH is 2. The number of benzene rings is 1. The Morgan fingerprint density at radius 2 is 1.62 bits per heavy atom. The summed E-state index contributed by atoms with van der Waals surface area (Å²) in [5.74, 6) is 0. The van der Waals surface area contributed by atoms with E-state index >= 15 is 0 Å². The second kappa shape index (κ2) is 9.19. The number of hydrogen-bond donors (Lipinski definition) is 2. The van der Waals surface area contributed by atoms with Crippen molar-refractivity contribution in [2.75, 3.05) is 6.61 Å². The van der Waals surface area contributed by atoms with Gasteiger partial charge in [0, 0.05) is 6.61 Å². The second-order valence-electron chi connectivity index (χ2n) is 2.40. The third-order valence-electron chi connectivity index (χ3n) is 1.43. The molecule has 0 saturated carbocycles. The molecular weight excluding hydrogens is 168 g/mol. The van der Waals surface area contributed by atoms with Crippen molar-refractivity contribution in [3.63, 3.8) is 0 Å². The molecule has 1 aromatic rings. The third-order valence-corrected chi connectivity index (χ3v) is 1.43. The van der Waals surface area contributed by atoms with E-state index in [1.807, 2.05) is 31.2 Å². The maximum absolute atomic E-state index is 8.72.